The predicted octanol–water partition coefficient (Wildman–Crippen LogP) is 1.97. The van der Waals surface area contributed by atoms with Gasteiger partial charge in [0.25, 0.3) is 0 Å². The Balaban J connectivity index is 2.83. The van der Waals surface area contributed by atoms with Gasteiger partial charge in [0.1, 0.15) is 22.5 Å². The Hall–Kier alpha value is -0.690. The highest BCUT2D eigenvalue weighted by Crippen LogP contribution is 2.19. The highest BCUT2D eigenvalue weighted by atomic mass is 32.2. The van der Waals surface area contributed by atoms with Gasteiger partial charge in [0, 0.05) is 16.9 Å². The first-order chi connectivity index (χ1) is 7.71. The van der Waals surface area contributed by atoms with Crippen LogP contribution in [0.3, 0.4) is 0 Å². The molecule has 0 aliphatic carbocycles. The molecule has 0 saturated carbocycles. The smallest absolute Gasteiger partial charge is 0.137 e. The largest absolute Gasteiger partial charge is 0.598 e. The highest BCUT2D eigenvalue weighted by molar-refractivity contribution is 7.90. The number of rotatable bonds is 3. The van der Waals surface area contributed by atoms with Crippen LogP contribution in [0.25, 0.3) is 0 Å². The van der Waals surface area contributed by atoms with Crippen molar-refractivity contribution in [2.24, 2.45) is 5.73 Å². The van der Waals surface area contributed by atoms with E-state index in [2.05, 4.69) is 4.72 Å². The monoisotopic (exact) mass is 262 g/mol. The third kappa shape index (κ3) is 3.92. The summed E-state index contributed by atoms with van der Waals surface area (Å²) in [4.78, 5) is 0. The molecule has 0 spiro atoms. The summed E-state index contributed by atoms with van der Waals surface area (Å²) in [6.07, 6.45) is -1.01. The zero-order valence-corrected chi connectivity index (χ0v) is 10.8. The Bertz CT molecular complexity index is 396. The van der Waals surface area contributed by atoms with Gasteiger partial charge < -0.3 is 10.3 Å². The molecule has 0 heterocycles. The summed E-state index contributed by atoms with van der Waals surface area (Å²) in [6, 6.07) is 2.99. The second-order valence-electron chi connectivity index (χ2n) is 4.64. The Morgan fingerprint density at radius 2 is 1.94 bits per heavy atom. The molecule has 0 radical (unpaired) electrons. The second kappa shape index (κ2) is 5.30. The van der Waals surface area contributed by atoms with Gasteiger partial charge in [-0.05, 0) is 39.0 Å². The summed E-state index contributed by atoms with van der Waals surface area (Å²) in [5.74, 6) is -1.21. The zero-order valence-electron chi connectivity index (χ0n) is 9.96. The van der Waals surface area contributed by atoms with E-state index in [0.29, 0.717) is 0 Å². The fraction of sp³-hybridized carbons (Fsp3) is 0.455. The van der Waals surface area contributed by atoms with Crippen LogP contribution in [0.2, 0.25) is 0 Å². The topological polar surface area (TPSA) is 61.1 Å². The van der Waals surface area contributed by atoms with Crippen molar-refractivity contribution in [3.05, 3.63) is 35.4 Å². The third-order valence-corrected chi connectivity index (χ3v) is 3.66. The summed E-state index contributed by atoms with van der Waals surface area (Å²) in [6.45, 7) is 5.26. The van der Waals surface area contributed by atoms with Crippen LogP contribution in [-0.4, -0.2) is 9.30 Å². The minimum absolute atomic E-state index is 0.0393. The summed E-state index contributed by atoms with van der Waals surface area (Å²) in [5, 5.41) is 0. The lowest BCUT2D eigenvalue weighted by Crippen LogP contribution is -2.44. The molecule has 0 fully saturated rings. The van der Waals surface area contributed by atoms with Crippen LogP contribution in [0.5, 0.6) is 0 Å². The molecule has 2 atom stereocenters. The van der Waals surface area contributed by atoms with E-state index in [1.165, 1.54) is 0 Å². The molecule has 96 valence electrons. The van der Waals surface area contributed by atoms with Crippen molar-refractivity contribution in [3.8, 4) is 0 Å². The maximum absolute atomic E-state index is 13.4. The van der Waals surface area contributed by atoms with Gasteiger partial charge in [-0.2, -0.15) is 0 Å². The predicted molar refractivity (Wildman–Crippen MR) is 64.3 cm³/mol. The van der Waals surface area contributed by atoms with Crippen LogP contribution in [0.4, 0.5) is 8.78 Å². The van der Waals surface area contributed by atoms with Crippen LogP contribution < -0.4 is 10.5 Å². The Kier molecular flexibility index (Phi) is 4.48. The van der Waals surface area contributed by atoms with Gasteiger partial charge in [-0.3, -0.25) is 0 Å². The quantitative estimate of drug-likeness (QED) is 0.646. The van der Waals surface area contributed by atoms with Gasteiger partial charge in [0.15, 0.2) is 0 Å². The fourth-order valence-corrected chi connectivity index (χ4v) is 1.82. The van der Waals surface area contributed by atoms with Crippen molar-refractivity contribution in [2.75, 3.05) is 0 Å². The lowest BCUT2D eigenvalue weighted by Gasteiger charge is -2.26. The minimum Gasteiger partial charge on any atom is -0.598 e. The van der Waals surface area contributed by atoms with Crippen molar-refractivity contribution < 1.29 is 13.3 Å². The van der Waals surface area contributed by atoms with Crippen molar-refractivity contribution in [1.29, 1.82) is 0 Å². The minimum atomic E-state index is -1.45. The van der Waals surface area contributed by atoms with Crippen molar-refractivity contribution in [1.82, 2.24) is 4.72 Å². The Morgan fingerprint density at radius 3 is 2.47 bits per heavy atom. The maximum atomic E-state index is 13.4. The molecule has 6 heteroatoms. The van der Waals surface area contributed by atoms with Gasteiger partial charge in [0.05, 0.1) is 0 Å². The standard InChI is InChI=1S/C11H16F2N2OS/c1-11(2,3)17(16)15-10(14)8-6-7(12)4-5-9(8)13/h4-6,10,15H,14H2,1-3H3/t10-,17-/m1/s1. The molecule has 3 N–H and O–H groups in total. The molecule has 0 bridgehead atoms. The van der Waals surface area contributed by atoms with E-state index in [1.54, 1.807) is 20.8 Å². The highest BCUT2D eigenvalue weighted by Gasteiger charge is 2.29. The summed E-state index contributed by atoms with van der Waals surface area (Å²) in [7, 11) is 0. The zero-order chi connectivity index (χ0) is 13.2. The van der Waals surface area contributed by atoms with E-state index in [4.69, 9.17) is 5.73 Å². The molecule has 3 nitrogen and oxygen atoms in total. The fourth-order valence-electron chi connectivity index (χ4n) is 1.11. The normalized spacial score (nSPS) is 15.7. The second-order valence-corrected chi connectivity index (χ2v) is 6.64. The van der Waals surface area contributed by atoms with Crippen molar-refractivity contribution in [2.45, 2.75) is 31.7 Å². The Morgan fingerprint density at radius 1 is 1.35 bits per heavy atom. The molecule has 0 amide bonds. The van der Waals surface area contributed by atoms with Gasteiger partial charge in [0.2, 0.25) is 0 Å². The van der Waals surface area contributed by atoms with Crippen molar-refractivity contribution in [3.63, 3.8) is 0 Å². The third-order valence-electron chi connectivity index (χ3n) is 2.08. The molecule has 17 heavy (non-hydrogen) atoms. The number of nitrogens with two attached hydrogens (primary N) is 1. The van der Waals surface area contributed by atoms with E-state index >= 15 is 0 Å². The molecule has 0 saturated heterocycles. The molecule has 1 aromatic rings. The number of nitrogens with one attached hydrogen (secondary N) is 1. The van der Waals surface area contributed by atoms with Crippen LogP contribution >= 0.6 is 0 Å². The lowest BCUT2D eigenvalue weighted by atomic mass is 10.1. The summed E-state index contributed by atoms with van der Waals surface area (Å²) < 4.78 is 40.1. The molecular weight excluding hydrogens is 246 g/mol. The molecular formula is C11H16F2N2OS. The van der Waals surface area contributed by atoms with E-state index in [1.807, 2.05) is 0 Å². The number of hydrogen-bond donors (Lipinski definition) is 2. The SMILES string of the molecule is CC(C)(C)[S@@+]([O-])N[C@@H](N)c1cc(F)ccc1F. The maximum Gasteiger partial charge on any atom is 0.137 e. The van der Waals surface area contributed by atoms with E-state index in [-0.39, 0.29) is 5.56 Å². The molecule has 0 aliphatic rings. The van der Waals surface area contributed by atoms with Gasteiger partial charge in [-0.1, -0.05) is 0 Å². The van der Waals surface area contributed by atoms with Crippen LogP contribution in [0, 0.1) is 11.6 Å². The first-order valence-corrected chi connectivity index (χ1v) is 6.25. The molecule has 0 aliphatic heterocycles. The lowest BCUT2D eigenvalue weighted by molar-refractivity contribution is 0.512. The van der Waals surface area contributed by atoms with Crippen LogP contribution in [0.1, 0.15) is 32.5 Å². The van der Waals surface area contributed by atoms with E-state index in [9.17, 15) is 13.3 Å². The van der Waals surface area contributed by atoms with Crippen molar-refractivity contribution >= 4 is 11.4 Å². The molecule has 0 aromatic heterocycles. The molecule has 1 aromatic carbocycles. The average Bonchev–Trinajstić information content (AvgIpc) is 2.20. The average molecular weight is 262 g/mol. The molecule has 0 unspecified atom stereocenters. The summed E-state index contributed by atoms with van der Waals surface area (Å²) >= 11 is -1.45. The van der Waals surface area contributed by atoms with E-state index < -0.39 is 33.9 Å². The molecule has 1 rings (SSSR count). The first kappa shape index (κ1) is 14.4. The van der Waals surface area contributed by atoms with Crippen LogP contribution in [-0.2, 0) is 11.4 Å². The van der Waals surface area contributed by atoms with E-state index in [0.717, 1.165) is 18.2 Å². The van der Waals surface area contributed by atoms with Gasteiger partial charge in [-0.15, -0.1) is 4.72 Å². The number of halogens is 2. The van der Waals surface area contributed by atoms with Crippen LogP contribution in [0.15, 0.2) is 18.2 Å². The number of benzene rings is 1. The number of hydrogen-bond acceptors (Lipinski definition) is 3. The first-order valence-electron chi connectivity index (χ1n) is 5.10. The Labute approximate surface area is 103 Å². The summed E-state index contributed by atoms with van der Waals surface area (Å²) in [5.41, 5.74) is 5.61. The van der Waals surface area contributed by atoms with Gasteiger partial charge in [-0.25, -0.2) is 8.78 Å². The van der Waals surface area contributed by atoms with Gasteiger partial charge >= 0.3 is 0 Å².